The van der Waals surface area contributed by atoms with Crippen LogP contribution in [0, 0.1) is 5.92 Å². The van der Waals surface area contributed by atoms with E-state index in [1.165, 1.54) is 12.8 Å². The summed E-state index contributed by atoms with van der Waals surface area (Å²) in [5.41, 5.74) is 0. The molecule has 0 radical (unpaired) electrons. The highest BCUT2D eigenvalue weighted by Gasteiger charge is 2.15. The molecule has 0 bridgehead atoms. The monoisotopic (exact) mass is 366 g/mol. The summed E-state index contributed by atoms with van der Waals surface area (Å²) in [7, 11) is 0. The van der Waals surface area contributed by atoms with E-state index < -0.39 is 11.9 Å². The van der Waals surface area contributed by atoms with Crippen LogP contribution in [-0.4, -0.2) is 52.9 Å². The second-order valence-electron chi connectivity index (χ2n) is 6.01. The van der Waals surface area contributed by atoms with Crippen molar-refractivity contribution in [3.8, 4) is 11.6 Å². The Hall–Kier alpha value is -2.61. The van der Waals surface area contributed by atoms with Gasteiger partial charge >= 0.3 is 11.9 Å². The first-order valence-corrected chi connectivity index (χ1v) is 8.47. The summed E-state index contributed by atoms with van der Waals surface area (Å²) in [6.45, 7) is 6.88. The van der Waals surface area contributed by atoms with Crippen LogP contribution in [0.3, 0.4) is 0 Å². The quantitative estimate of drug-likeness (QED) is 0.627. The predicted molar refractivity (Wildman–Crippen MR) is 95.5 cm³/mol. The summed E-state index contributed by atoms with van der Waals surface area (Å²) in [6.07, 6.45) is 5.42. The minimum Gasteiger partial charge on any atom is -0.488 e. The van der Waals surface area contributed by atoms with Gasteiger partial charge in [-0.15, -0.1) is 0 Å². The molecule has 0 unspecified atom stereocenters. The number of ether oxygens (including phenoxy) is 2. The average Bonchev–Trinajstić information content (AvgIpc) is 2.60. The number of hydrogen-bond donors (Lipinski definition) is 3. The summed E-state index contributed by atoms with van der Waals surface area (Å²) in [6, 6.07) is 3.79. The third-order valence-corrected chi connectivity index (χ3v) is 3.33. The second-order valence-corrected chi connectivity index (χ2v) is 6.01. The summed E-state index contributed by atoms with van der Waals surface area (Å²) in [5.74, 6) is -0.585. The normalized spacial score (nSPS) is 16.7. The van der Waals surface area contributed by atoms with Crippen LogP contribution in [0.1, 0.15) is 26.7 Å². The zero-order valence-corrected chi connectivity index (χ0v) is 15.1. The molecule has 144 valence electrons. The van der Waals surface area contributed by atoms with Crippen molar-refractivity contribution in [2.45, 2.75) is 32.8 Å². The number of carboxylic acids is 2. The van der Waals surface area contributed by atoms with Crippen LogP contribution < -0.4 is 14.8 Å². The van der Waals surface area contributed by atoms with Gasteiger partial charge in [0.2, 0.25) is 0 Å². The van der Waals surface area contributed by atoms with Gasteiger partial charge in [0.25, 0.3) is 5.88 Å². The molecule has 3 N–H and O–H groups in total. The van der Waals surface area contributed by atoms with Gasteiger partial charge in [-0.05, 0) is 45.4 Å². The minimum absolute atomic E-state index is 0.110. The Bertz CT molecular complexity index is 581. The number of nitrogens with zero attached hydrogens (tertiary/aromatic N) is 1. The Kier molecular flexibility index (Phi) is 9.78. The van der Waals surface area contributed by atoms with Crippen molar-refractivity contribution in [1.29, 1.82) is 0 Å². The highest BCUT2D eigenvalue weighted by Crippen LogP contribution is 2.25. The second kappa shape index (κ2) is 11.9. The van der Waals surface area contributed by atoms with Gasteiger partial charge in [0.05, 0.1) is 12.7 Å². The number of aliphatic carboxylic acids is 2. The lowest BCUT2D eigenvalue weighted by molar-refractivity contribution is -0.134. The lowest BCUT2D eigenvalue weighted by atomic mass is 10.0. The lowest BCUT2D eigenvalue weighted by Gasteiger charge is -2.23. The fourth-order valence-electron chi connectivity index (χ4n) is 2.21. The van der Waals surface area contributed by atoms with Gasteiger partial charge in [0.15, 0.2) is 5.75 Å². The smallest absolute Gasteiger partial charge is 0.328 e. The molecule has 0 saturated carbocycles. The van der Waals surface area contributed by atoms with Crippen LogP contribution >= 0.6 is 0 Å². The number of nitrogens with one attached hydrogen (secondary N) is 1. The first-order valence-electron chi connectivity index (χ1n) is 8.47. The molecule has 1 atom stereocenters. The van der Waals surface area contributed by atoms with E-state index in [-0.39, 0.29) is 6.10 Å². The van der Waals surface area contributed by atoms with Crippen molar-refractivity contribution >= 4 is 11.9 Å². The van der Waals surface area contributed by atoms with E-state index >= 15 is 0 Å². The molecular weight excluding hydrogens is 340 g/mol. The zero-order valence-electron chi connectivity index (χ0n) is 15.1. The van der Waals surface area contributed by atoms with Gasteiger partial charge in [-0.1, -0.05) is 0 Å². The first kappa shape index (κ1) is 21.4. The molecule has 0 spiro atoms. The van der Waals surface area contributed by atoms with Gasteiger partial charge in [-0.25, -0.2) is 14.6 Å². The van der Waals surface area contributed by atoms with Gasteiger partial charge in [0, 0.05) is 30.8 Å². The Morgan fingerprint density at radius 3 is 2.58 bits per heavy atom. The van der Waals surface area contributed by atoms with Gasteiger partial charge in [-0.3, -0.25) is 0 Å². The SMILES string of the molecule is CC(C)Oc1ncccc1OC[C@H]1CCCNC1.O=C(O)/C=C/C(=O)O. The molecule has 2 rings (SSSR count). The maximum Gasteiger partial charge on any atom is 0.328 e. The minimum atomic E-state index is -1.26. The highest BCUT2D eigenvalue weighted by atomic mass is 16.5. The van der Waals surface area contributed by atoms with Crippen LogP contribution in [0.5, 0.6) is 11.6 Å². The highest BCUT2D eigenvalue weighted by molar-refractivity contribution is 5.89. The average molecular weight is 366 g/mol. The molecule has 0 aliphatic carbocycles. The number of carboxylic acid groups (broad SMARTS) is 2. The molecule has 1 aliphatic rings. The number of piperidine rings is 1. The number of hydrogen-bond acceptors (Lipinski definition) is 6. The molecule has 1 aromatic rings. The summed E-state index contributed by atoms with van der Waals surface area (Å²) in [5, 5.41) is 19.0. The fourth-order valence-corrected chi connectivity index (χ4v) is 2.21. The van der Waals surface area contributed by atoms with E-state index in [0.29, 0.717) is 23.9 Å². The Labute approximate surface area is 152 Å². The van der Waals surface area contributed by atoms with Crippen molar-refractivity contribution in [2.75, 3.05) is 19.7 Å². The third-order valence-electron chi connectivity index (χ3n) is 3.33. The zero-order chi connectivity index (χ0) is 19.4. The molecule has 0 amide bonds. The topological polar surface area (TPSA) is 118 Å². The van der Waals surface area contributed by atoms with E-state index in [9.17, 15) is 9.59 Å². The molecule has 8 heteroatoms. The van der Waals surface area contributed by atoms with Crippen molar-refractivity contribution < 1.29 is 29.3 Å². The number of pyridine rings is 1. The van der Waals surface area contributed by atoms with Crippen LogP contribution in [0.25, 0.3) is 0 Å². The van der Waals surface area contributed by atoms with E-state index in [0.717, 1.165) is 25.4 Å². The molecule has 1 saturated heterocycles. The third kappa shape index (κ3) is 9.63. The number of rotatable bonds is 7. The fraction of sp³-hybridized carbons (Fsp3) is 0.500. The lowest BCUT2D eigenvalue weighted by Crippen LogP contribution is -2.33. The van der Waals surface area contributed by atoms with Crippen LogP contribution in [0.4, 0.5) is 0 Å². The van der Waals surface area contributed by atoms with Gasteiger partial charge < -0.3 is 25.0 Å². The van der Waals surface area contributed by atoms with Crippen molar-refractivity contribution in [3.63, 3.8) is 0 Å². The van der Waals surface area contributed by atoms with Crippen LogP contribution in [-0.2, 0) is 9.59 Å². The summed E-state index contributed by atoms with van der Waals surface area (Å²) < 4.78 is 11.5. The van der Waals surface area contributed by atoms with E-state index in [2.05, 4.69) is 10.3 Å². The summed E-state index contributed by atoms with van der Waals surface area (Å²) in [4.78, 5) is 23.3. The molecule has 26 heavy (non-hydrogen) atoms. The van der Waals surface area contributed by atoms with Crippen molar-refractivity contribution in [3.05, 3.63) is 30.5 Å². The van der Waals surface area contributed by atoms with Crippen molar-refractivity contribution in [1.82, 2.24) is 10.3 Å². The molecule has 0 aromatic carbocycles. The van der Waals surface area contributed by atoms with E-state index in [4.69, 9.17) is 19.7 Å². The Morgan fingerprint density at radius 2 is 2.04 bits per heavy atom. The summed E-state index contributed by atoms with van der Waals surface area (Å²) >= 11 is 0. The van der Waals surface area contributed by atoms with Gasteiger partial charge in [0.1, 0.15) is 0 Å². The molecule has 1 fully saturated rings. The van der Waals surface area contributed by atoms with Crippen molar-refractivity contribution in [2.24, 2.45) is 5.92 Å². The van der Waals surface area contributed by atoms with E-state index in [1.54, 1.807) is 6.20 Å². The maximum atomic E-state index is 9.55. The largest absolute Gasteiger partial charge is 0.488 e. The Balaban J connectivity index is 0.000000359. The molecule has 2 heterocycles. The van der Waals surface area contributed by atoms with Crippen LogP contribution in [0.2, 0.25) is 0 Å². The molecular formula is C18H26N2O6. The van der Waals surface area contributed by atoms with Gasteiger partial charge in [-0.2, -0.15) is 0 Å². The first-order chi connectivity index (χ1) is 12.4. The molecule has 1 aliphatic heterocycles. The van der Waals surface area contributed by atoms with E-state index in [1.807, 2.05) is 26.0 Å². The number of aromatic nitrogens is 1. The maximum absolute atomic E-state index is 9.55. The molecule has 1 aromatic heterocycles. The molecule has 8 nitrogen and oxygen atoms in total. The van der Waals surface area contributed by atoms with Crippen LogP contribution in [0.15, 0.2) is 30.5 Å². The number of carbonyl (C=O) groups is 2. The standard InChI is InChI=1S/C14H22N2O2.C4H4O4/c1-11(2)18-14-13(6-4-8-16-14)17-10-12-5-3-7-15-9-12;5-3(6)1-2-4(7)8/h4,6,8,11-12,15H,3,5,7,9-10H2,1-2H3;1-2H,(H,5,6)(H,7,8)/b;2-1+/t12-;/m0./s1. The predicted octanol–water partition coefficient (Wildman–Crippen LogP) is 1.96. The Morgan fingerprint density at radius 1 is 1.35 bits per heavy atom.